The maximum absolute atomic E-state index is 5.88. The van der Waals surface area contributed by atoms with Crippen molar-refractivity contribution in [3.05, 3.63) is 24.4 Å². The third-order valence-corrected chi connectivity index (χ3v) is 2.93. The molecule has 0 saturated carbocycles. The van der Waals surface area contributed by atoms with Gasteiger partial charge >= 0.3 is 0 Å². The molecule has 2 aromatic rings. The molecule has 1 aliphatic heterocycles. The first kappa shape index (κ1) is 8.73. The number of benzene rings is 1. The standard InChI is InChI=1S/C11H13N3O/c12-10-2-1-3-11-9(10)6-13-14(11)8-4-5-15-7-8/h1-3,6,8H,4-5,7,12H2. The number of nitrogens with zero attached hydrogens (tertiary/aromatic N) is 2. The molecule has 0 radical (unpaired) electrons. The zero-order valence-electron chi connectivity index (χ0n) is 8.39. The Hall–Kier alpha value is -1.55. The maximum Gasteiger partial charge on any atom is 0.0781 e. The molecule has 0 bridgehead atoms. The van der Waals surface area contributed by atoms with Gasteiger partial charge in [0, 0.05) is 17.7 Å². The Morgan fingerprint density at radius 3 is 3.20 bits per heavy atom. The van der Waals surface area contributed by atoms with Gasteiger partial charge in [0.1, 0.15) is 0 Å². The van der Waals surface area contributed by atoms with Crippen LogP contribution < -0.4 is 5.73 Å². The molecular formula is C11H13N3O. The Balaban J connectivity index is 2.15. The van der Waals surface area contributed by atoms with E-state index in [4.69, 9.17) is 10.5 Å². The zero-order chi connectivity index (χ0) is 10.3. The molecule has 78 valence electrons. The second-order valence-electron chi connectivity index (χ2n) is 3.89. The lowest BCUT2D eigenvalue weighted by Crippen LogP contribution is -2.09. The molecular weight excluding hydrogens is 190 g/mol. The van der Waals surface area contributed by atoms with Gasteiger partial charge in [-0.2, -0.15) is 5.10 Å². The number of anilines is 1. The van der Waals surface area contributed by atoms with Crippen LogP contribution in [0.5, 0.6) is 0 Å². The van der Waals surface area contributed by atoms with E-state index in [1.807, 2.05) is 23.0 Å². The van der Waals surface area contributed by atoms with Crippen molar-refractivity contribution in [3.8, 4) is 0 Å². The van der Waals surface area contributed by atoms with Crippen LogP contribution in [0.4, 0.5) is 5.69 Å². The first-order valence-electron chi connectivity index (χ1n) is 5.16. The highest BCUT2D eigenvalue weighted by Crippen LogP contribution is 2.26. The summed E-state index contributed by atoms with van der Waals surface area (Å²) in [6.07, 6.45) is 2.87. The Labute approximate surface area is 87.6 Å². The van der Waals surface area contributed by atoms with Crippen LogP contribution in [-0.2, 0) is 4.74 Å². The number of fused-ring (bicyclic) bond motifs is 1. The summed E-state index contributed by atoms with van der Waals surface area (Å²) >= 11 is 0. The number of nitrogens with two attached hydrogens (primary N) is 1. The summed E-state index contributed by atoms with van der Waals surface area (Å²) in [5.41, 5.74) is 7.78. The third kappa shape index (κ3) is 1.29. The predicted molar refractivity (Wildman–Crippen MR) is 58.6 cm³/mol. The normalized spacial score (nSPS) is 21.2. The van der Waals surface area contributed by atoms with Crippen LogP contribution in [0.25, 0.3) is 10.9 Å². The number of hydrogen-bond acceptors (Lipinski definition) is 3. The number of nitrogen functional groups attached to an aromatic ring is 1. The van der Waals surface area contributed by atoms with Gasteiger partial charge in [-0.1, -0.05) is 6.07 Å². The van der Waals surface area contributed by atoms with Crippen molar-refractivity contribution in [3.63, 3.8) is 0 Å². The molecule has 0 spiro atoms. The Bertz CT molecular complexity index is 486. The van der Waals surface area contributed by atoms with Gasteiger partial charge in [0.15, 0.2) is 0 Å². The van der Waals surface area contributed by atoms with Crippen LogP contribution in [-0.4, -0.2) is 23.0 Å². The fourth-order valence-electron chi connectivity index (χ4n) is 2.10. The minimum absolute atomic E-state index is 0.365. The molecule has 1 atom stereocenters. The van der Waals surface area contributed by atoms with E-state index in [0.29, 0.717) is 6.04 Å². The minimum atomic E-state index is 0.365. The van der Waals surface area contributed by atoms with Gasteiger partial charge < -0.3 is 10.5 Å². The third-order valence-electron chi connectivity index (χ3n) is 2.93. The van der Waals surface area contributed by atoms with Crippen molar-refractivity contribution in [2.45, 2.75) is 12.5 Å². The summed E-state index contributed by atoms with van der Waals surface area (Å²) in [4.78, 5) is 0. The number of ether oxygens (including phenoxy) is 1. The van der Waals surface area contributed by atoms with Crippen molar-refractivity contribution in [1.29, 1.82) is 0 Å². The van der Waals surface area contributed by atoms with E-state index >= 15 is 0 Å². The molecule has 1 aromatic carbocycles. The zero-order valence-corrected chi connectivity index (χ0v) is 8.39. The predicted octanol–water partition coefficient (Wildman–Crippen LogP) is 1.58. The van der Waals surface area contributed by atoms with Gasteiger partial charge in [-0.05, 0) is 18.6 Å². The van der Waals surface area contributed by atoms with Gasteiger partial charge in [0.05, 0.1) is 24.4 Å². The van der Waals surface area contributed by atoms with Crippen molar-refractivity contribution in [2.24, 2.45) is 0 Å². The molecule has 3 rings (SSSR count). The molecule has 1 aliphatic rings. The minimum Gasteiger partial charge on any atom is -0.398 e. The molecule has 1 aromatic heterocycles. The Kier molecular flexibility index (Phi) is 1.89. The summed E-state index contributed by atoms with van der Waals surface area (Å²) in [5.74, 6) is 0. The maximum atomic E-state index is 5.88. The fraction of sp³-hybridized carbons (Fsp3) is 0.364. The molecule has 0 amide bonds. The summed E-state index contributed by atoms with van der Waals surface area (Å²) in [5, 5.41) is 5.43. The lowest BCUT2D eigenvalue weighted by molar-refractivity contribution is 0.185. The van der Waals surface area contributed by atoms with E-state index in [9.17, 15) is 0 Å². The van der Waals surface area contributed by atoms with Crippen molar-refractivity contribution >= 4 is 16.6 Å². The summed E-state index contributed by atoms with van der Waals surface area (Å²) < 4.78 is 7.39. The highest BCUT2D eigenvalue weighted by molar-refractivity contribution is 5.90. The molecule has 2 heterocycles. The number of hydrogen-bond donors (Lipinski definition) is 1. The van der Waals surface area contributed by atoms with Gasteiger partial charge in [0.25, 0.3) is 0 Å². The van der Waals surface area contributed by atoms with Gasteiger partial charge in [-0.3, -0.25) is 4.68 Å². The smallest absolute Gasteiger partial charge is 0.0781 e. The second kappa shape index (κ2) is 3.24. The first-order chi connectivity index (χ1) is 7.36. The van der Waals surface area contributed by atoms with Crippen LogP contribution in [0.3, 0.4) is 0 Å². The Morgan fingerprint density at radius 2 is 2.40 bits per heavy atom. The molecule has 4 heteroatoms. The van der Waals surface area contributed by atoms with Gasteiger partial charge in [-0.25, -0.2) is 0 Å². The van der Waals surface area contributed by atoms with E-state index in [1.165, 1.54) is 0 Å². The quantitative estimate of drug-likeness (QED) is 0.716. The van der Waals surface area contributed by atoms with Crippen molar-refractivity contribution in [2.75, 3.05) is 18.9 Å². The molecule has 0 aliphatic carbocycles. The monoisotopic (exact) mass is 203 g/mol. The number of aromatic nitrogens is 2. The second-order valence-corrected chi connectivity index (χ2v) is 3.89. The molecule has 15 heavy (non-hydrogen) atoms. The Morgan fingerprint density at radius 1 is 1.47 bits per heavy atom. The molecule has 1 unspecified atom stereocenters. The summed E-state index contributed by atoms with van der Waals surface area (Å²) in [6, 6.07) is 6.28. The highest BCUT2D eigenvalue weighted by atomic mass is 16.5. The van der Waals surface area contributed by atoms with Crippen LogP contribution in [0.1, 0.15) is 12.5 Å². The van der Waals surface area contributed by atoms with E-state index in [1.54, 1.807) is 0 Å². The van der Waals surface area contributed by atoms with Crippen molar-refractivity contribution < 1.29 is 4.74 Å². The summed E-state index contributed by atoms with van der Waals surface area (Å²) in [6.45, 7) is 1.58. The lowest BCUT2D eigenvalue weighted by Gasteiger charge is -2.09. The summed E-state index contributed by atoms with van der Waals surface area (Å²) in [7, 11) is 0. The first-order valence-corrected chi connectivity index (χ1v) is 5.16. The lowest BCUT2D eigenvalue weighted by atomic mass is 10.2. The molecule has 4 nitrogen and oxygen atoms in total. The van der Waals surface area contributed by atoms with Crippen molar-refractivity contribution in [1.82, 2.24) is 9.78 Å². The fourth-order valence-corrected chi connectivity index (χ4v) is 2.10. The van der Waals surface area contributed by atoms with E-state index < -0.39 is 0 Å². The van der Waals surface area contributed by atoms with Crippen LogP contribution in [0.2, 0.25) is 0 Å². The van der Waals surface area contributed by atoms with E-state index in [0.717, 1.165) is 36.2 Å². The van der Waals surface area contributed by atoms with E-state index in [2.05, 4.69) is 11.2 Å². The highest BCUT2D eigenvalue weighted by Gasteiger charge is 2.20. The van der Waals surface area contributed by atoms with Crippen LogP contribution in [0.15, 0.2) is 24.4 Å². The average Bonchev–Trinajstić information content (AvgIpc) is 2.85. The van der Waals surface area contributed by atoms with Crippen LogP contribution in [0, 0.1) is 0 Å². The molecule has 2 N–H and O–H groups in total. The van der Waals surface area contributed by atoms with Crippen LogP contribution >= 0.6 is 0 Å². The topological polar surface area (TPSA) is 53.1 Å². The van der Waals surface area contributed by atoms with E-state index in [-0.39, 0.29) is 0 Å². The average molecular weight is 203 g/mol. The SMILES string of the molecule is Nc1cccc2c1cnn2C1CCOC1. The van der Waals surface area contributed by atoms with Gasteiger partial charge in [-0.15, -0.1) is 0 Å². The molecule has 1 saturated heterocycles. The van der Waals surface area contributed by atoms with Gasteiger partial charge in [0.2, 0.25) is 0 Å². The number of rotatable bonds is 1. The molecule has 1 fully saturated rings. The largest absolute Gasteiger partial charge is 0.398 e.